The Bertz CT molecular complexity index is 435. The molecular formula is C17H29NO2. The van der Waals surface area contributed by atoms with Gasteiger partial charge >= 0.3 is 0 Å². The van der Waals surface area contributed by atoms with Gasteiger partial charge in [0.15, 0.2) is 0 Å². The predicted octanol–water partition coefficient (Wildman–Crippen LogP) is 4.28. The molecule has 1 atom stereocenters. The van der Waals surface area contributed by atoms with Crippen LogP contribution in [0.2, 0.25) is 0 Å². The van der Waals surface area contributed by atoms with Crippen molar-refractivity contribution in [3.05, 3.63) is 23.3 Å². The van der Waals surface area contributed by atoms with Crippen LogP contribution in [-0.4, -0.2) is 10.2 Å². The van der Waals surface area contributed by atoms with Gasteiger partial charge in [0.25, 0.3) is 0 Å². The lowest BCUT2D eigenvalue weighted by Crippen LogP contribution is -2.13. The van der Waals surface area contributed by atoms with Crippen LogP contribution in [0.1, 0.15) is 77.0 Å². The lowest BCUT2D eigenvalue weighted by atomic mass is 9.84. The highest BCUT2D eigenvalue weighted by Gasteiger charge is 2.21. The number of phenols is 1. The minimum atomic E-state index is -0.642. The molecule has 3 heteroatoms. The summed E-state index contributed by atoms with van der Waals surface area (Å²) in [6.07, 6.45) is 4.46. The topological polar surface area (TPSA) is 66.5 Å². The number of aliphatic hydroxyl groups is 1. The van der Waals surface area contributed by atoms with E-state index in [2.05, 4.69) is 27.7 Å². The first-order chi connectivity index (χ1) is 9.27. The molecule has 0 heterocycles. The summed E-state index contributed by atoms with van der Waals surface area (Å²) in [5, 5.41) is 20.4. The summed E-state index contributed by atoms with van der Waals surface area (Å²) in [4.78, 5) is 0. The van der Waals surface area contributed by atoms with Gasteiger partial charge in [-0.2, -0.15) is 0 Å². The Balaban J connectivity index is 2.90. The van der Waals surface area contributed by atoms with Crippen molar-refractivity contribution in [1.82, 2.24) is 0 Å². The van der Waals surface area contributed by atoms with Crippen molar-refractivity contribution < 1.29 is 10.2 Å². The van der Waals surface area contributed by atoms with Gasteiger partial charge in [0.05, 0.1) is 11.8 Å². The Labute approximate surface area is 122 Å². The normalized spacial score (nSPS) is 13.4. The van der Waals surface area contributed by atoms with E-state index in [1.165, 1.54) is 12.8 Å². The van der Waals surface area contributed by atoms with Crippen LogP contribution in [0.4, 0.5) is 5.69 Å². The number of nitrogen functional groups attached to an aromatic ring is 1. The zero-order valence-corrected chi connectivity index (χ0v) is 13.2. The zero-order chi connectivity index (χ0) is 15.3. The summed E-state index contributed by atoms with van der Waals surface area (Å²) in [5.41, 5.74) is 7.76. The molecule has 1 unspecified atom stereocenters. The molecule has 114 valence electrons. The van der Waals surface area contributed by atoms with Crippen LogP contribution >= 0.6 is 0 Å². The number of rotatable bonds is 6. The van der Waals surface area contributed by atoms with E-state index in [1.807, 2.05) is 6.07 Å². The maximum atomic E-state index is 10.3. The van der Waals surface area contributed by atoms with E-state index in [0.29, 0.717) is 17.7 Å². The summed E-state index contributed by atoms with van der Waals surface area (Å²) in [6.45, 7) is 8.44. The van der Waals surface area contributed by atoms with E-state index in [0.717, 1.165) is 18.4 Å². The Morgan fingerprint density at radius 2 is 1.80 bits per heavy atom. The van der Waals surface area contributed by atoms with Crippen molar-refractivity contribution in [2.75, 3.05) is 5.73 Å². The maximum absolute atomic E-state index is 10.3. The zero-order valence-electron chi connectivity index (χ0n) is 13.2. The number of aliphatic hydroxyl groups excluding tert-OH is 1. The van der Waals surface area contributed by atoms with E-state index in [9.17, 15) is 10.2 Å². The molecule has 0 spiro atoms. The molecule has 0 radical (unpaired) electrons. The van der Waals surface area contributed by atoms with Gasteiger partial charge in [0, 0.05) is 5.56 Å². The smallest absolute Gasteiger partial charge is 0.144 e. The first-order valence-electron chi connectivity index (χ1n) is 7.58. The molecule has 20 heavy (non-hydrogen) atoms. The number of unbranched alkanes of at least 4 members (excludes halogenated alkanes) is 3. The Morgan fingerprint density at radius 3 is 2.35 bits per heavy atom. The first-order valence-corrected chi connectivity index (χ1v) is 7.58. The largest absolute Gasteiger partial charge is 0.505 e. The fraction of sp³-hybridized carbons (Fsp3) is 0.647. The van der Waals surface area contributed by atoms with Crippen molar-refractivity contribution in [3.8, 4) is 5.75 Å². The summed E-state index contributed by atoms with van der Waals surface area (Å²) in [5.74, 6) is 0.0287. The number of hydrogen-bond donors (Lipinski definition) is 3. The second-order valence-corrected chi connectivity index (χ2v) is 6.62. The molecule has 1 aromatic carbocycles. The molecule has 0 aliphatic carbocycles. The SMILES string of the molecule is CCCCCCC(O)c1cc(C(C)(C)C)cc(N)c1O. The molecule has 0 amide bonds. The van der Waals surface area contributed by atoms with E-state index < -0.39 is 6.10 Å². The average Bonchev–Trinajstić information content (AvgIpc) is 2.36. The molecule has 0 saturated carbocycles. The third kappa shape index (κ3) is 4.41. The van der Waals surface area contributed by atoms with Gasteiger partial charge in [0.1, 0.15) is 5.75 Å². The third-order valence-corrected chi connectivity index (χ3v) is 3.73. The monoisotopic (exact) mass is 279 g/mol. The Kier molecular flexibility index (Phi) is 5.88. The van der Waals surface area contributed by atoms with Crippen LogP contribution < -0.4 is 5.73 Å². The van der Waals surface area contributed by atoms with Crippen molar-refractivity contribution in [3.63, 3.8) is 0 Å². The lowest BCUT2D eigenvalue weighted by Gasteiger charge is -2.23. The fourth-order valence-corrected chi connectivity index (χ4v) is 2.29. The van der Waals surface area contributed by atoms with Crippen molar-refractivity contribution in [2.24, 2.45) is 0 Å². The highest BCUT2D eigenvalue weighted by Crippen LogP contribution is 2.37. The molecule has 0 aliphatic heterocycles. The molecule has 0 aromatic heterocycles. The summed E-state index contributed by atoms with van der Waals surface area (Å²) in [7, 11) is 0. The minimum Gasteiger partial charge on any atom is -0.505 e. The van der Waals surface area contributed by atoms with Crippen LogP contribution in [0.25, 0.3) is 0 Å². The van der Waals surface area contributed by atoms with Crippen LogP contribution in [0.3, 0.4) is 0 Å². The quantitative estimate of drug-likeness (QED) is 0.414. The fourth-order valence-electron chi connectivity index (χ4n) is 2.29. The minimum absolute atomic E-state index is 0.0287. The van der Waals surface area contributed by atoms with E-state index >= 15 is 0 Å². The van der Waals surface area contributed by atoms with Crippen LogP contribution in [0.5, 0.6) is 5.75 Å². The number of phenolic OH excluding ortho intramolecular Hbond substituents is 1. The number of nitrogens with two attached hydrogens (primary N) is 1. The molecule has 1 rings (SSSR count). The number of anilines is 1. The second kappa shape index (κ2) is 6.98. The number of benzene rings is 1. The molecule has 4 N–H and O–H groups in total. The Hall–Kier alpha value is -1.22. The molecule has 0 aliphatic rings. The molecule has 3 nitrogen and oxygen atoms in total. The lowest BCUT2D eigenvalue weighted by molar-refractivity contribution is 0.159. The van der Waals surface area contributed by atoms with Crippen molar-refractivity contribution in [2.45, 2.75) is 71.3 Å². The Morgan fingerprint density at radius 1 is 1.15 bits per heavy atom. The van der Waals surface area contributed by atoms with Crippen LogP contribution in [-0.2, 0) is 5.41 Å². The van der Waals surface area contributed by atoms with Gasteiger partial charge in [0.2, 0.25) is 0 Å². The highest BCUT2D eigenvalue weighted by atomic mass is 16.3. The van der Waals surface area contributed by atoms with Crippen LogP contribution in [0, 0.1) is 0 Å². The summed E-state index contributed by atoms with van der Waals surface area (Å²) < 4.78 is 0. The molecule has 1 aromatic rings. The standard InChI is InChI=1S/C17H29NO2/c1-5-6-7-8-9-15(19)13-10-12(17(2,3)4)11-14(18)16(13)20/h10-11,15,19-20H,5-9,18H2,1-4H3. The van der Waals surface area contributed by atoms with E-state index in [1.54, 1.807) is 6.07 Å². The van der Waals surface area contributed by atoms with E-state index in [-0.39, 0.29) is 11.2 Å². The van der Waals surface area contributed by atoms with Gasteiger partial charge in [-0.15, -0.1) is 0 Å². The van der Waals surface area contributed by atoms with Crippen molar-refractivity contribution >= 4 is 5.69 Å². The second-order valence-electron chi connectivity index (χ2n) is 6.62. The van der Waals surface area contributed by atoms with Gasteiger partial charge in [-0.25, -0.2) is 0 Å². The summed E-state index contributed by atoms with van der Waals surface area (Å²) in [6, 6.07) is 3.68. The number of aromatic hydroxyl groups is 1. The van der Waals surface area contributed by atoms with E-state index in [4.69, 9.17) is 5.73 Å². The number of hydrogen-bond acceptors (Lipinski definition) is 3. The van der Waals surface area contributed by atoms with Crippen molar-refractivity contribution in [1.29, 1.82) is 0 Å². The van der Waals surface area contributed by atoms with Gasteiger partial charge in [-0.1, -0.05) is 53.4 Å². The summed E-state index contributed by atoms with van der Waals surface area (Å²) >= 11 is 0. The highest BCUT2D eigenvalue weighted by molar-refractivity contribution is 5.59. The maximum Gasteiger partial charge on any atom is 0.144 e. The predicted molar refractivity (Wildman–Crippen MR) is 84.9 cm³/mol. The first kappa shape index (κ1) is 16.8. The molecule has 0 fully saturated rings. The molecular weight excluding hydrogens is 250 g/mol. The van der Waals surface area contributed by atoms with Gasteiger partial charge < -0.3 is 15.9 Å². The molecule has 0 bridgehead atoms. The van der Waals surface area contributed by atoms with Gasteiger partial charge in [-0.05, 0) is 29.5 Å². The third-order valence-electron chi connectivity index (χ3n) is 3.73. The van der Waals surface area contributed by atoms with Crippen LogP contribution in [0.15, 0.2) is 12.1 Å². The van der Waals surface area contributed by atoms with Gasteiger partial charge in [-0.3, -0.25) is 0 Å². The average molecular weight is 279 g/mol. The molecule has 0 saturated heterocycles.